The monoisotopic (exact) mass is 332 g/mol. The van der Waals surface area contributed by atoms with Crippen LogP contribution in [-0.2, 0) is 4.79 Å². The minimum Gasteiger partial charge on any atom is -0.496 e. The van der Waals surface area contributed by atoms with E-state index in [0.29, 0.717) is 0 Å². The van der Waals surface area contributed by atoms with Crippen LogP contribution in [0.2, 0.25) is 0 Å². The van der Waals surface area contributed by atoms with Crippen LogP contribution in [0.1, 0.15) is 42.9 Å². The van der Waals surface area contributed by atoms with Gasteiger partial charge < -0.3 is 9.84 Å². The first-order chi connectivity index (χ1) is 11.6. The number of hydrogen-bond acceptors (Lipinski definition) is 4. The summed E-state index contributed by atoms with van der Waals surface area (Å²) >= 11 is 0. The van der Waals surface area contributed by atoms with Crippen molar-refractivity contribution in [3.8, 4) is 5.75 Å². The van der Waals surface area contributed by atoms with Gasteiger partial charge in [0.2, 0.25) is 0 Å². The molecular weight excluding hydrogens is 304 g/mol. The van der Waals surface area contributed by atoms with Crippen LogP contribution in [0.5, 0.6) is 5.75 Å². The number of carboxylic acid groups (broad SMARTS) is 1. The van der Waals surface area contributed by atoms with Gasteiger partial charge >= 0.3 is 5.97 Å². The van der Waals surface area contributed by atoms with Crippen molar-refractivity contribution < 1.29 is 14.6 Å². The van der Waals surface area contributed by atoms with Crippen molar-refractivity contribution in [1.82, 2.24) is 9.80 Å². The van der Waals surface area contributed by atoms with Gasteiger partial charge in [-0.05, 0) is 37.0 Å². The first-order valence-electron chi connectivity index (χ1n) is 8.95. The molecule has 132 valence electrons. The lowest BCUT2D eigenvalue weighted by atomic mass is 10.0. The third kappa shape index (κ3) is 3.57. The molecule has 1 heterocycles. The molecule has 1 aliphatic heterocycles. The van der Waals surface area contributed by atoms with Crippen LogP contribution in [-0.4, -0.2) is 60.2 Å². The number of aryl methyl sites for hydroxylation is 1. The highest BCUT2D eigenvalue weighted by Crippen LogP contribution is 2.29. The molecular formula is C19H28N2O3. The Morgan fingerprint density at radius 3 is 2.42 bits per heavy atom. The summed E-state index contributed by atoms with van der Waals surface area (Å²) in [5.74, 6) is 0.0304. The van der Waals surface area contributed by atoms with Gasteiger partial charge in [-0.3, -0.25) is 14.6 Å². The summed E-state index contributed by atoms with van der Waals surface area (Å²) in [4.78, 5) is 16.6. The Labute approximate surface area is 144 Å². The van der Waals surface area contributed by atoms with E-state index >= 15 is 0 Å². The smallest absolute Gasteiger partial charge is 0.325 e. The molecule has 1 saturated heterocycles. The van der Waals surface area contributed by atoms with Crippen molar-refractivity contribution in [2.45, 2.75) is 44.7 Å². The molecule has 0 bridgehead atoms. The van der Waals surface area contributed by atoms with Gasteiger partial charge in [0.25, 0.3) is 0 Å². The molecule has 1 aromatic carbocycles. The molecule has 1 aromatic rings. The first kappa shape index (κ1) is 17.2. The van der Waals surface area contributed by atoms with Crippen LogP contribution in [0.15, 0.2) is 18.2 Å². The summed E-state index contributed by atoms with van der Waals surface area (Å²) in [6.45, 7) is 5.55. The number of piperazine rings is 1. The average Bonchev–Trinajstić information content (AvgIpc) is 3.10. The predicted octanol–water partition coefficient (Wildman–Crippen LogP) is 2.69. The molecule has 1 atom stereocenters. The van der Waals surface area contributed by atoms with E-state index < -0.39 is 12.0 Å². The number of aliphatic carboxylic acids is 1. The maximum absolute atomic E-state index is 11.9. The molecule has 2 fully saturated rings. The van der Waals surface area contributed by atoms with E-state index in [-0.39, 0.29) is 0 Å². The van der Waals surface area contributed by atoms with E-state index in [1.807, 2.05) is 25.1 Å². The normalized spacial score (nSPS) is 21.8. The Bertz CT molecular complexity index is 576. The summed E-state index contributed by atoms with van der Waals surface area (Å²) in [6.07, 6.45) is 5.29. The fraction of sp³-hybridized carbons (Fsp3) is 0.632. The van der Waals surface area contributed by atoms with Crippen molar-refractivity contribution in [1.29, 1.82) is 0 Å². The number of carbonyl (C=O) groups is 1. The Morgan fingerprint density at radius 2 is 1.88 bits per heavy atom. The second-order valence-electron chi connectivity index (χ2n) is 6.98. The van der Waals surface area contributed by atoms with E-state index in [9.17, 15) is 9.90 Å². The van der Waals surface area contributed by atoms with Gasteiger partial charge in [0.05, 0.1) is 7.11 Å². The fourth-order valence-electron chi connectivity index (χ4n) is 4.21. The standard InChI is InChI=1S/C19H28N2O3/c1-14-13-15(7-8-17(14)24-2)18(19(22)23)21-11-9-20(10-12-21)16-5-3-4-6-16/h7-8,13,16,18H,3-6,9-12H2,1-2H3,(H,22,23)/t18-/m0/s1. The number of carboxylic acids is 1. The summed E-state index contributed by atoms with van der Waals surface area (Å²) < 4.78 is 5.29. The van der Waals surface area contributed by atoms with E-state index in [2.05, 4.69) is 9.80 Å². The minimum absolute atomic E-state index is 0.569. The van der Waals surface area contributed by atoms with Gasteiger partial charge in [-0.25, -0.2) is 0 Å². The molecule has 3 rings (SSSR count). The highest BCUT2D eigenvalue weighted by atomic mass is 16.5. The van der Waals surface area contributed by atoms with Gasteiger partial charge in [0.1, 0.15) is 11.8 Å². The van der Waals surface area contributed by atoms with Crippen LogP contribution in [0.4, 0.5) is 0 Å². The summed E-state index contributed by atoms with van der Waals surface area (Å²) in [7, 11) is 1.64. The highest BCUT2D eigenvalue weighted by molar-refractivity contribution is 5.75. The maximum atomic E-state index is 11.9. The quantitative estimate of drug-likeness (QED) is 0.898. The lowest BCUT2D eigenvalue weighted by Crippen LogP contribution is -2.51. The van der Waals surface area contributed by atoms with Gasteiger partial charge in [0.15, 0.2) is 0 Å². The SMILES string of the molecule is COc1ccc([C@@H](C(=O)O)N2CCN(C3CCCC3)CC2)cc1C. The third-order valence-electron chi connectivity index (χ3n) is 5.52. The Morgan fingerprint density at radius 1 is 1.21 bits per heavy atom. The Hall–Kier alpha value is -1.59. The number of ether oxygens (including phenoxy) is 1. The average molecular weight is 332 g/mol. The number of nitrogens with zero attached hydrogens (tertiary/aromatic N) is 2. The number of hydrogen-bond donors (Lipinski definition) is 1. The van der Waals surface area contributed by atoms with E-state index in [1.165, 1.54) is 25.7 Å². The molecule has 5 nitrogen and oxygen atoms in total. The number of benzene rings is 1. The van der Waals surface area contributed by atoms with Crippen molar-refractivity contribution in [3.05, 3.63) is 29.3 Å². The van der Waals surface area contributed by atoms with Crippen LogP contribution in [0.3, 0.4) is 0 Å². The number of rotatable bonds is 5. The molecule has 0 amide bonds. The largest absolute Gasteiger partial charge is 0.496 e. The summed E-state index contributed by atoms with van der Waals surface area (Å²) in [5.41, 5.74) is 1.82. The Kier molecular flexibility index (Phi) is 5.41. The zero-order valence-electron chi connectivity index (χ0n) is 14.7. The van der Waals surface area contributed by atoms with Crippen LogP contribution < -0.4 is 4.74 Å². The molecule has 0 radical (unpaired) electrons. The zero-order chi connectivity index (χ0) is 17.1. The predicted molar refractivity (Wildman–Crippen MR) is 93.5 cm³/mol. The zero-order valence-corrected chi connectivity index (χ0v) is 14.7. The lowest BCUT2D eigenvalue weighted by molar-refractivity contribution is -0.144. The third-order valence-corrected chi connectivity index (χ3v) is 5.52. The van der Waals surface area contributed by atoms with Gasteiger partial charge in [0, 0.05) is 32.2 Å². The molecule has 0 spiro atoms. The van der Waals surface area contributed by atoms with Crippen molar-refractivity contribution >= 4 is 5.97 Å². The molecule has 24 heavy (non-hydrogen) atoms. The molecule has 1 saturated carbocycles. The maximum Gasteiger partial charge on any atom is 0.325 e. The molecule has 1 N–H and O–H groups in total. The lowest BCUT2D eigenvalue weighted by Gasteiger charge is -2.40. The number of methoxy groups -OCH3 is 1. The topological polar surface area (TPSA) is 53.0 Å². The fourth-order valence-corrected chi connectivity index (χ4v) is 4.21. The molecule has 0 aromatic heterocycles. The van der Waals surface area contributed by atoms with Crippen LogP contribution in [0.25, 0.3) is 0 Å². The molecule has 2 aliphatic rings. The molecule has 5 heteroatoms. The minimum atomic E-state index is -0.770. The van der Waals surface area contributed by atoms with Crippen molar-refractivity contribution in [2.24, 2.45) is 0 Å². The Balaban J connectivity index is 1.70. The van der Waals surface area contributed by atoms with Gasteiger partial charge in [-0.15, -0.1) is 0 Å². The first-order valence-corrected chi connectivity index (χ1v) is 8.95. The van der Waals surface area contributed by atoms with E-state index in [4.69, 9.17) is 4.74 Å². The van der Waals surface area contributed by atoms with Crippen molar-refractivity contribution in [3.63, 3.8) is 0 Å². The van der Waals surface area contributed by atoms with Crippen LogP contribution in [0, 0.1) is 6.92 Å². The summed E-state index contributed by atoms with van der Waals surface area (Å²) in [5, 5.41) is 9.79. The molecule has 1 aliphatic carbocycles. The second kappa shape index (κ2) is 7.53. The van der Waals surface area contributed by atoms with Gasteiger partial charge in [-0.1, -0.05) is 25.0 Å². The van der Waals surface area contributed by atoms with E-state index in [1.54, 1.807) is 7.11 Å². The van der Waals surface area contributed by atoms with E-state index in [0.717, 1.165) is 49.1 Å². The van der Waals surface area contributed by atoms with Gasteiger partial charge in [-0.2, -0.15) is 0 Å². The summed E-state index contributed by atoms with van der Waals surface area (Å²) in [6, 6.07) is 5.85. The van der Waals surface area contributed by atoms with Crippen LogP contribution >= 0.6 is 0 Å². The van der Waals surface area contributed by atoms with Crippen molar-refractivity contribution in [2.75, 3.05) is 33.3 Å². The molecule has 0 unspecified atom stereocenters. The highest BCUT2D eigenvalue weighted by Gasteiger charge is 2.33. The second-order valence-corrected chi connectivity index (χ2v) is 6.98.